The molecular formula is C12H18N2O2. The second-order valence-corrected chi connectivity index (χ2v) is 3.85. The maximum Gasteiger partial charge on any atom is 0.224 e. The number of methoxy groups -OCH3 is 1. The Hall–Kier alpha value is -1.55. The first-order valence-electron chi connectivity index (χ1n) is 5.24. The third-order valence-electron chi connectivity index (χ3n) is 2.14. The molecule has 0 aliphatic heterocycles. The van der Waals surface area contributed by atoms with E-state index in [0.717, 1.165) is 5.56 Å². The molecule has 0 aromatic heterocycles. The smallest absolute Gasteiger partial charge is 0.224 e. The number of nitrogens with one attached hydrogen (secondary N) is 1. The van der Waals surface area contributed by atoms with Crippen LogP contribution in [0.5, 0.6) is 0 Å². The lowest BCUT2D eigenvalue weighted by Gasteiger charge is -2.12. The summed E-state index contributed by atoms with van der Waals surface area (Å²) in [5.74, 6) is -0.0184. The molecule has 0 heterocycles. The molecule has 1 aromatic rings. The number of anilines is 1. The van der Waals surface area contributed by atoms with Gasteiger partial charge >= 0.3 is 0 Å². The molecule has 0 aliphatic rings. The van der Waals surface area contributed by atoms with Crippen LogP contribution in [0.4, 0.5) is 5.69 Å². The van der Waals surface area contributed by atoms with Crippen molar-refractivity contribution in [2.24, 2.45) is 0 Å². The summed E-state index contributed by atoms with van der Waals surface area (Å²) < 4.78 is 4.94. The summed E-state index contributed by atoms with van der Waals surface area (Å²) in [6.45, 7) is 2.42. The third kappa shape index (κ3) is 4.31. The molecule has 1 aromatic carbocycles. The van der Waals surface area contributed by atoms with E-state index in [4.69, 9.17) is 10.5 Å². The number of nitrogens with two attached hydrogens (primary N) is 1. The van der Waals surface area contributed by atoms with Crippen LogP contribution in [-0.2, 0) is 16.0 Å². The van der Waals surface area contributed by atoms with E-state index in [9.17, 15) is 4.79 Å². The second kappa shape index (κ2) is 6.12. The molecule has 1 rings (SSSR count). The fourth-order valence-corrected chi connectivity index (χ4v) is 1.51. The van der Waals surface area contributed by atoms with E-state index in [1.54, 1.807) is 19.2 Å². The van der Waals surface area contributed by atoms with Gasteiger partial charge in [-0.05, 0) is 24.6 Å². The summed E-state index contributed by atoms with van der Waals surface area (Å²) in [5, 5.41) is 2.84. The van der Waals surface area contributed by atoms with Crippen molar-refractivity contribution in [2.45, 2.75) is 19.4 Å². The lowest BCUT2D eigenvalue weighted by atomic mass is 10.1. The maximum atomic E-state index is 11.6. The minimum Gasteiger partial charge on any atom is -0.399 e. The average molecular weight is 222 g/mol. The number of carbonyl (C=O) groups is 1. The highest BCUT2D eigenvalue weighted by Crippen LogP contribution is 2.07. The molecule has 3 N–H and O–H groups in total. The van der Waals surface area contributed by atoms with Crippen LogP contribution in [0, 0.1) is 0 Å². The highest BCUT2D eigenvalue weighted by Gasteiger charge is 2.07. The fraction of sp³-hybridized carbons (Fsp3) is 0.417. The fourth-order valence-electron chi connectivity index (χ4n) is 1.51. The number of hydrogen-bond acceptors (Lipinski definition) is 3. The summed E-state index contributed by atoms with van der Waals surface area (Å²) in [4.78, 5) is 11.6. The summed E-state index contributed by atoms with van der Waals surface area (Å²) in [6.07, 6.45) is 0.346. The molecule has 0 radical (unpaired) electrons. The Balaban J connectivity index is 2.45. The molecule has 1 atom stereocenters. The predicted molar refractivity (Wildman–Crippen MR) is 64.0 cm³/mol. The van der Waals surface area contributed by atoms with Crippen molar-refractivity contribution < 1.29 is 9.53 Å². The summed E-state index contributed by atoms with van der Waals surface area (Å²) in [7, 11) is 1.61. The number of rotatable bonds is 5. The highest BCUT2D eigenvalue weighted by atomic mass is 16.5. The van der Waals surface area contributed by atoms with Gasteiger partial charge in [-0.1, -0.05) is 12.1 Å². The van der Waals surface area contributed by atoms with E-state index in [0.29, 0.717) is 18.7 Å². The Morgan fingerprint density at radius 2 is 2.31 bits per heavy atom. The minimum absolute atomic E-state index is 0.0184. The van der Waals surface area contributed by atoms with Gasteiger partial charge in [-0.3, -0.25) is 4.79 Å². The SMILES string of the molecule is COCC(C)NC(=O)Cc1cccc(N)c1. The van der Waals surface area contributed by atoms with Gasteiger partial charge in [0.2, 0.25) is 5.91 Å². The van der Waals surface area contributed by atoms with Crippen LogP contribution in [0.25, 0.3) is 0 Å². The van der Waals surface area contributed by atoms with Crippen molar-refractivity contribution in [1.82, 2.24) is 5.32 Å². The van der Waals surface area contributed by atoms with Gasteiger partial charge in [0.05, 0.1) is 13.0 Å². The molecule has 1 unspecified atom stereocenters. The Morgan fingerprint density at radius 1 is 1.56 bits per heavy atom. The van der Waals surface area contributed by atoms with Crippen LogP contribution in [-0.4, -0.2) is 25.7 Å². The Kier molecular flexibility index (Phi) is 4.79. The molecule has 4 heteroatoms. The summed E-state index contributed by atoms with van der Waals surface area (Å²) in [6, 6.07) is 7.36. The lowest BCUT2D eigenvalue weighted by Crippen LogP contribution is -2.36. The molecule has 0 bridgehead atoms. The zero-order valence-corrected chi connectivity index (χ0v) is 9.69. The number of carbonyl (C=O) groups excluding carboxylic acids is 1. The zero-order chi connectivity index (χ0) is 12.0. The first kappa shape index (κ1) is 12.5. The molecule has 16 heavy (non-hydrogen) atoms. The van der Waals surface area contributed by atoms with E-state index in [1.165, 1.54) is 0 Å². The van der Waals surface area contributed by atoms with Gasteiger partial charge in [-0.25, -0.2) is 0 Å². The molecule has 4 nitrogen and oxygen atoms in total. The van der Waals surface area contributed by atoms with Gasteiger partial charge in [0.1, 0.15) is 0 Å². The maximum absolute atomic E-state index is 11.6. The van der Waals surface area contributed by atoms with Crippen LogP contribution in [0.15, 0.2) is 24.3 Å². The van der Waals surface area contributed by atoms with E-state index < -0.39 is 0 Å². The largest absolute Gasteiger partial charge is 0.399 e. The van der Waals surface area contributed by atoms with Crippen LogP contribution >= 0.6 is 0 Å². The van der Waals surface area contributed by atoms with Gasteiger partial charge in [-0.15, -0.1) is 0 Å². The monoisotopic (exact) mass is 222 g/mol. The van der Waals surface area contributed by atoms with Gasteiger partial charge in [0.15, 0.2) is 0 Å². The van der Waals surface area contributed by atoms with Crippen molar-refractivity contribution in [3.8, 4) is 0 Å². The summed E-state index contributed by atoms with van der Waals surface area (Å²) in [5.41, 5.74) is 7.23. The van der Waals surface area contributed by atoms with Gasteiger partial charge in [-0.2, -0.15) is 0 Å². The number of nitrogen functional groups attached to an aromatic ring is 1. The van der Waals surface area contributed by atoms with Crippen molar-refractivity contribution in [3.63, 3.8) is 0 Å². The number of benzene rings is 1. The molecule has 1 amide bonds. The van der Waals surface area contributed by atoms with Gasteiger partial charge < -0.3 is 15.8 Å². The number of ether oxygens (including phenoxy) is 1. The molecule has 0 saturated heterocycles. The standard InChI is InChI=1S/C12H18N2O2/c1-9(8-16-2)14-12(15)7-10-4-3-5-11(13)6-10/h3-6,9H,7-8,13H2,1-2H3,(H,14,15). The average Bonchev–Trinajstić information content (AvgIpc) is 2.17. The van der Waals surface area contributed by atoms with Crippen LogP contribution < -0.4 is 11.1 Å². The van der Waals surface area contributed by atoms with Crippen LogP contribution in [0.1, 0.15) is 12.5 Å². The number of hydrogen-bond donors (Lipinski definition) is 2. The zero-order valence-electron chi connectivity index (χ0n) is 9.69. The van der Waals surface area contributed by atoms with Gasteiger partial charge in [0, 0.05) is 18.8 Å². The van der Waals surface area contributed by atoms with Crippen molar-refractivity contribution >= 4 is 11.6 Å². The topological polar surface area (TPSA) is 64.3 Å². The van der Waals surface area contributed by atoms with E-state index in [-0.39, 0.29) is 11.9 Å². The molecule has 0 spiro atoms. The molecular weight excluding hydrogens is 204 g/mol. The molecule has 88 valence electrons. The first-order valence-corrected chi connectivity index (χ1v) is 5.24. The quantitative estimate of drug-likeness (QED) is 0.729. The second-order valence-electron chi connectivity index (χ2n) is 3.85. The van der Waals surface area contributed by atoms with E-state index in [2.05, 4.69) is 5.32 Å². The van der Waals surface area contributed by atoms with E-state index >= 15 is 0 Å². The molecule has 0 fully saturated rings. The number of amides is 1. The van der Waals surface area contributed by atoms with Crippen LogP contribution in [0.2, 0.25) is 0 Å². The minimum atomic E-state index is -0.0184. The van der Waals surface area contributed by atoms with Crippen molar-refractivity contribution in [3.05, 3.63) is 29.8 Å². The normalized spacial score (nSPS) is 12.1. The highest BCUT2D eigenvalue weighted by molar-refractivity contribution is 5.79. The molecule has 0 saturated carbocycles. The Labute approximate surface area is 95.8 Å². The summed E-state index contributed by atoms with van der Waals surface area (Å²) >= 11 is 0. The predicted octanol–water partition coefficient (Wildman–Crippen LogP) is 0.962. The van der Waals surface area contributed by atoms with E-state index in [1.807, 2.05) is 19.1 Å². The third-order valence-corrected chi connectivity index (χ3v) is 2.14. The first-order chi connectivity index (χ1) is 7.61. The molecule has 0 aliphatic carbocycles. The van der Waals surface area contributed by atoms with Gasteiger partial charge in [0.25, 0.3) is 0 Å². The Bertz CT molecular complexity index is 353. The van der Waals surface area contributed by atoms with Crippen molar-refractivity contribution in [2.75, 3.05) is 19.5 Å². The van der Waals surface area contributed by atoms with Crippen molar-refractivity contribution in [1.29, 1.82) is 0 Å². The lowest BCUT2D eigenvalue weighted by molar-refractivity contribution is -0.121. The Morgan fingerprint density at radius 3 is 2.94 bits per heavy atom. The van der Waals surface area contributed by atoms with Crippen LogP contribution in [0.3, 0.4) is 0 Å².